The van der Waals surface area contributed by atoms with E-state index in [1.54, 1.807) is 6.07 Å². The lowest BCUT2D eigenvalue weighted by atomic mass is 9.90. The van der Waals surface area contributed by atoms with Crippen LogP contribution in [0.3, 0.4) is 0 Å². The fraction of sp³-hybridized carbons (Fsp3) is 0.625. The van der Waals surface area contributed by atoms with E-state index in [1.807, 2.05) is 6.92 Å². The fourth-order valence-electron chi connectivity index (χ4n) is 2.40. The van der Waals surface area contributed by atoms with Gasteiger partial charge in [-0.05, 0) is 18.4 Å². The van der Waals surface area contributed by atoms with Gasteiger partial charge in [-0.3, -0.25) is 0 Å². The lowest BCUT2D eigenvalue weighted by Gasteiger charge is -2.21. The first kappa shape index (κ1) is 17.8. The molecule has 1 aromatic rings. The zero-order valence-electron chi connectivity index (χ0n) is 12.5. The second kappa shape index (κ2) is 8.27. The molecular formula is C16H23F3O2. The van der Waals surface area contributed by atoms with E-state index in [0.717, 1.165) is 25.7 Å². The minimum absolute atomic E-state index is 0.199. The third-order valence-corrected chi connectivity index (χ3v) is 3.60. The summed E-state index contributed by atoms with van der Waals surface area (Å²) in [7, 11) is 0. The number of para-hydroxylation sites is 1. The van der Waals surface area contributed by atoms with E-state index in [1.165, 1.54) is 18.2 Å². The van der Waals surface area contributed by atoms with Crippen LogP contribution in [-0.4, -0.2) is 11.5 Å². The van der Waals surface area contributed by atoms with Crippen LogP contribution in [0.15, 0.2) is 24.3 Å². The Morgan fingerprint density at radius 3 is 2.43 bits per heavy atom. The molecule has 0 amide bonds. The molecule has 1 N–H and O–H groups in total. The first-order valence-corrected chi connectivity index (χ1v) is 7.40. The van der Waals surface area contributed by atoms with Gasteiger partial charge in [0.15, 0.2) is 0 Å². The summed E-state index contributed by atoms with van der Waals surface area (Å²) < 4.78 is 41.1. The van der Waals surface area contributed by atoms with Crippen molar-refractivity contribution in [1.29, 1.82) is 0 Å². The molecule has 2 nitrogen and oxygen atoms in total. The number of aliphatic hydroxyl groups excluding tert-OH is 1. The Hall–Kier alpha value is -1.23. The molecule has 21 heavy (non-hydrogen) atoms. The standard InChI is InChI=1S/C16H23F3O2/c1-3-5-8-12(4-2)11-14(20)13-9-6-7-10-15(13)21-16(17,18)19/h6-7,9-10,12,14,20H,3-5,8,11H2,1-2H3. The van der Waals surface area contributed by atoms with Crippen LogP contribution >= 0.6 is 0 Å². The minimum atomic E-state index is -4.75. The second-order valence-electron chi connectivity index (χ2n) is 5.25. The lowest BCUT2D eigenvalue weighted by Crippen LogP contribution is -2.19. The molecule has 1 aromatic carbocycles. The molecule has 0 aliphatic carbocycles. The smallest absolute Gasteiger partial charge is 0.405 e. The van der Waals surface area contributed by atoms with Gasteiger partial charge in [0, 0.05) is 5.56 Å². The second-order valence-corrected chi connectivity index (χ2v) is 5.25. The molecule has 0 saturated carbocycles. The van der Waals surface area contributed by atoms with Gasteiger partial charge >= 0.3 is 6.36 Å². The Balaban J connectivity index is 2.79. The average molecular weight is 304 g/mol. The first-order valence-electron chi connectivity index (χ1n) is 7.40. The molecule has 0 saturated heterocycles. The Morgan fingerprint density at radius 1 is 1.19 bits per heavy atom. The highest BCUT2D eigenvalue weighted by Gasteiger charge is 2.32. The predicted molar refractivity (Wildman–Crippen MR) is 76.0 cm³/mol. The Kier molecular flexibility index (Phi) is 7.02. The maximum atomic E-state index is 12.4. The maximum absolute atomic E-state index is 12.4. The van der Waals surface area contributed by atoms with E-state index in [2.05, 4.69) is 11.7 Å². The van der Waals surface area contributed by atoms with E-state index in [4.69, 9.17) is 0 Å². The topological polar surface area (TPSA) is 29.5 Å². The van der Waals surface area contributed by atoms with E-state index in [-0.39, 0.29) is 11.3 Å². The third-order valence-electron chi connectivity index (χ3n) is 3.60. The number of hydrogen-bond donors (Lipinski definition) is 1. The van der Waals surface area contributed by atoms with Crippen molar-refractivity contribution in [3.63, 3.8) is 0 Å². The minimum Gasteiger partial charge on any atom is -0.405 e. The van der Waals surface area contributed by atoms with Crippen LogP contribution in [0.5, 0.6) is 5.75 Å². The molecule has 0 bridgehead atoms. The van der Waals surface area contributed by atoms with Crippen LogP contribution < -0.4 is 4.74 Å². The molecular weight excluding hydrogens is 281 g/mol. The summed E-state index contributed by atoms with van der Waals surface area (Å²) in [5, 5.41) is 10.3. The monoisotopic (exact) mass is 304 g/mol. The van der Waals surface area contributed by atoms with Crippen LogP contribution in [0.4, 0.5) is 13.2 Å². The van der Waals surface area contributed by atoms with Crippen molar-refractivity contribution in [2.45, 2.75) is 58.4 Å². The van der Waals surface area contributed by atoms with Crippen LogP contribution in [-0.2, 0) is 0 Å². The number of aliphatic hydroxyl groups is 1. The maximum Gasteiger partial charge on any atom is 0.573 e. The summed E-state index contributed by atoms with van der Waals surface area (Å²) in [5.41, 5.74) is 0.199. The summed E-state index contributed by atoms with van der Waals surface area (Å²) in [6.45, 7) is 4.13. The highest BCUT2D eigenvalue weighted by Crippen LogP contribution is 2.34. The zero-order valence-corrected chi connectivity index (χ0v) is 12.5. The van der Waals surface area contributed by atoms with Crippen LogP contribution in [0.25, 0.3) is 0 Å². The zero-order chi connectivity index (χ0) is 15.9. The highest BCUT2D eigenvalue weighted by atomic mass is 19.4. The molecule has 0 spiro atoms. The summed E-state index contributed by atoms with van der Waals surface area (Å²) in [6, 6.07) is 5.79. The number of unbranched alkanes of at least 4 members (excludes halogenated alkanes) is 1. The van der Waals surface area contributed by atoms with Crippen LogP contribution in [0, 0.1) is 5.92 Å². The van der Waals surface area contributed by atoms with E-state index >= 15 is 0 Å². The SMILES string of the molecule is CCCCC(CC)CC(O)c1ccccc1OC(F)(F)F. The quantitative estimate of drug-likeness (QED) is 0.713. The van der Waals surface area contributed by atoms with Gasteiger partial charge in [0.2, 0.25) is 0 Å². The van der Waals surface area contributed by atoms with Gasteiger partial charge in [-0.2, -0.15) is 0 Å². The molecule has 2 atom stereocenters. The van der Waals surface area contributed by atoms with Crippen LogP contribution in [0.1, 0.15) is 57.6 Å². The van der Waals surface area contributed by atoms with Gasteiger partial charge in [0.1, 0.15) is 5.75 Å². The van der Waals surface area contributed by atoms with E-state index in [9.17, 15) is 18.3 Å². The number of alkyl halides is 3. The largest absolute Gasteiger partial charge is 0.573 e. The van der Waals surface area contributed by atoms with Gasteiger partial charge in [-0.15, -0.1) is 13.2 Å². The summed E-state index contributed by atoms with van der Waals surface area (Å²) in [6.07, 6.45) is -1.22. The van der Waals surface area contributed by atoms with E-state index in [0.29, 0.717) is 12.3 Å². The summed E-state index contributed by atoms with van der Waals surface area (Å²) in [5.74, 6) is -0.0123. The highest BCUT2D eigenvalue weighted by molar-refractivity contribution is 5.35. The predicted octanol–water partition coefficient (Wildman–Crippen LogP) is 5.23. The summed E-state index contributed by atoms with van der Waals surface area (Å²) in [4.78, 5) is 0. The molecule has 0 aliphatic rings. The van der Waals surface area contributed by atoms with Crippen molar-refractivity contribution in [2.75, 3.05) is 0 Å². The van der Waals surface area contributed by atoms with Crippen molar-refractivity contribution in [1.82, 2.24) is 0 Å². The molecule has 0 heterocycles. The van der Waals surface area contributed by atoms with Crippen molar-refractivity contribution in [3.8, 4) is 5.75 Å². The molecule has 120 valence electrons. The molecule has 0 aliphatic heterocycles. The number of rotatable bonds is 8. The van der Waals surface area contributed by atoms with Crippen molar-refractivity contribution < 1.29 is 23.0 Å². The van der Waals surface area contributed by atoms with Gasteiger partial charge in [0.25, 0.3) is 0 Å². The molecule has 1 rings (SSSR count). The first-order chi connectivity index (χ1) is 9.87. The summed E-state index contributed by atoms with van der Waals surface area (Å²) >= 11 is 0. The normalized spacial score (nSPS) is 14.8. The van der Waals surface area contributed by atoms with Gasteiger partial charge in [-0.25, -0.2) is 0 Å². The van der Waals surface area contributed by atoms with Crippen molar-refractivity contribution in [2.24, 2.45) is 5.92 Å². The Bertz CT molecular complexity index is 418. The third kappa shape index (κ3) is 6.38. The number of benzene rings is 1. The Labute approximate surface area is 123 Å². The fourth-order valence-corrected chi connectivity index (χ4v) is 2.40. The Morgan fingerprint density at radius 2 is 1.86 bits per heavy atom. The van der Waals surface area contributed by atoms with Gasteiger partial charge in [0.05, 0.1) is 6.10 Å². The molecule has 0 radical (unpaired) electrons. The lowest BCUT2D eigenvalue weighted by molar-refractivity contribution is -0.275. The molecule has 0 aromatic heterocycles. The number of hydrogen-bond acceptors (Lipinski definition) is 2. The number of ether oxygens (including phenoxy) is 1. The molecule has 2 unspecified atom stereocenters. The van der Waals surface area contributed by atoms with Crippen molar-refractivity contribution >= 4 is 0 Å². The van der Waals surface area contributed by atoms with Gasteiger partial charge in [-0.1, -0.05) is 57.7 Å². The van der Waals surface area contributed by atoms with Crippen molar-refractivity contribution in [3.05, 3.63) is 29.8 Å². The molecule has 0 fully saturated rings. The van der Waals surface area contributed by atoms with Crippen LogP contribution in [0.2, 0.25) is 0 Å². The average Bonchev–Trinajstić information content (AvgIpc) is 2.42. The van der Waals surface area contributed by atoms with E-state index < -0.39 is 12.5 Å². The molecule has 5 heteroatoms. The van der Waals surface area contributed by atoms with Gasteiger partial charge < -0.3 is 9.84 Å². The number of halogens is 3.